The van der Waals surface area contributed by atoms with Crippen LogP contribution in [0.1, 0.15) is 0 Å². The predicted molar refractivity (Wildman–Crippen MR) is 39.3 cm³/mol. The summed E-state index contributed by atoms with van der Waals surface area (Å²) < 4.78 is 0. The third-order valence-electron chi connectivity index (χ3n) is 1.31. The molecule has 0 saturated carbocycles. The van der Waals surface area contributed by atoms with E-state index in [1.54, 1.807) is 19.3 Å². The molecule has 1 amide bonds. The van der Waals surface area contributed by atoms with Crippen LogP contribution in [0.4, 0.5) is 0 Å². The monoisotopic (exact) mass is 138 g/mol. The molecular weight excluding hydrogens is 128 g/mol. The molecule has 3 heteroatoms. The van der Waals surface area contributed by atoms with E-state index in [1.807, 2.05) is 6.08 Å². The number of carbonyl (C=O) groups excluding carboxylic acids is 1. The smallest absolute Gasteiger partial charge is 0.250 e. The van der Waals surface area contributed by atoms with E-state index in [0.717, 1.165) is 12.1 Å². The van der Waals surface area contributed by atoms with Crippen LogP contribution in [0.25, 0.3) is 0 Å². The molecular formula is C7H10N2O. The molecule has 1 heterocycles. The van der Waals surface area contributed by atoms with Crippen LogP contribution in [0.2, 0.25) is 0 Å². The van der Waals surface area contributed by atoms with Gasteiger partial charge in [-0.1, -0.05) is 6.08 Å². The fourth-order valence-electron chi connectivity index (χ4n) is 0.766. The zero-order valence-electron chi connectivity index (χ0n) is 5.85. The minimum Gasteiger partial charge on any atom is -0.387 e. The lowest BCUT2D eigenvalue weighted by atomic mass is 10.2. The largest absolute Gasteiger partial charge is 0.387 e. The van der Waals surface area contributed by atoms with Crippen LogP contribution in [-0.2, 0) is 4.79 Å². The molecule has 0 spiro atoms. The Labute approximate surface area is 59.8 Å². The number of likely N-dealkylation sites (N-methyl/N-ethyl adjacent to an activating group) is 1. The van der Waals surface area contributed by atoms with Crippen LogP contribution in [0, 0.1) is 0 Å². The molecule has 0 radical (unpaired) electrons. The van der Waals surface area contributed by atoms with Crippen molar-refractivity contribution in [3.63, 3.8) is 0 Å². The number of hydrogen-bond acceptors (Lipinski definition) is 2. The number of nitrogens with one attached hydrogen (secondary N) is 2. The highest BCUT2D eigenvalue weighted by atomic mass is 16.1. The van der Waals surface area contributed by atoms with E-state index in [1.165, 1.54) is 0 Å². The second-order valence-electron chi connectivity index (χ2n) is 1.98. The van der Waals surface area contributed by atoms with Crippen molar-refractivity contribution >= 4 is 5.91 Å². The topological polar surface area (TPSA) is 41.1 Å². The van der Waals surface area contributed by atoms with E-state index in [2.05, 4.69) is 10.6 Å². The molecule has 0 atom stereocenters. The Morgan fingerprint density at radius 3 is 3.10 bits per heavy atom. The molecule has 1 rings (SSSR count). The molecule has 0 aromatic rings. The number of amides is 1. The summed E-state index contributed by atoms with van der Waals surface area (Å²) >= 11 is 0. The number of carbonyl (C=O) groups is 1. The first-order valence-electron chi connectivity index (χ1n) is 3.17. The maximum absolute atomic E-state index is 10.9. The van der Waals surface area contributed by atoms with Gasteiger partial charge in [0, 0.05) is 19.2 Å². The Bertz CT molecular complexity index is 194. The van der Waals surface area contributed by atoms with Crippen LogP contribution >= 0.6 is 0 Å². The lowest BCUT2D eigenvalue weighted by molar-refractivity contribution is -0.116. The van der Waals surface area contributed by atoms with Crippen LogP contribution in [0.5, 0.6) is 0 Å². The Hall–Kier alpha value is -1.25. The van der Waals surface area contributed by atoms with Gasteiger partial charge in [-0.05, 0) is 12.3 Å². The van der Waals surface area contributed by atoms with E-state index in [4.69, 9.17) is 0 Å². The Balaban J connectivity index is 2.63. The van der Waals surface area contributed by atoms with Crippen molar-refractivity contribution in [3.8, 4) is 0 Å². The summed E-state index contributed by atoms with van der Waals surface area (Å²) in [6.07, 6.45) is 5.37. The maximum atomic E-state index is 10.9. The molecule has 3 nitrogen and oxygen atoms in total. The average molecular weight is 138 g/mol. The minimum atomic E-state index is -0.0299. The summed E-state index contributed by atoms with van der Waals surface area (Å²) in [5.74, 6) is -0.0299. The standard InChI is InChI=1S/C7H10N2O/c1-8-7(10)6-2-4-9-5-3-6/h2-4,9H,5H2,1H3,(H,8,10). The van der Waals surface area contributed by atoms with Crippen molar-refractivity contribution < 1.29 is 4.79 Å². The minimum absolute atomic E-state index is 0.0299. The summed E-state index contributed by atoms with van der Waals surface area (Å²) in [6, 6.07) is 0. The van der Waals surface area contributed by atoms with Gasteiger partial charge in [0.15, 0.2) is 0 Å². The number of rotatable bonds is 1. The zero-order valence-corrected chi connectivity index (χ0v) is 5.85. The molecule has 1 aliphatic rings. The van der Waals surface area contributed by atoms with E-state index in [-0.39, 0.29) is 5.91 Å². The molecule has 0 unspecified atom stereocenters. The summed E-state index contributed by atoms with van der Waals surface area (Å²) in [7, 11) is 1.62. The van der Waals surface area contributed by atoms with Gasteiger partial charge in [0.25, 0.3) is 5.91 Å². The van der Waals surface area contributed by atoms with Crippen LogP contribution in [-0.4, -0.2) is 19.5 Å². The number of hydrogen-bond donors (Lipinski definition) is 2. The molecule has 1 aliphatic heterocycles. The fraction of sp³-hybridized carbons (Fsp3) is 0.286. The highest BCUT2D eigenvalue weighted by Gasteiger charge is 2.03. The molecule has 0 saturated heterocycles. The van der Waals surface area contributed by atoms with Crippen molar-refractivity contribution in [2.24, 2.45) is 0 Å². The molecule has 0 aliphatic carbocycles. The zero-order chi connectivity index (χ0) is 7.40. The first-order valence-corrected chi connectivity index (χ1v) is 3.17. The van der Waals surface area contributed by atoms with Gasteiger partial charge in [-0.15, -0.1) is 0 Å². The molecule has 0 bridgehead atoms. The van der Waals surface area contributed by atoms with Gasteiger partial charge in [-0.25, -0.2) is 0 Å². The Morgan fingerprint density at radius 1 is 1.80 bits per heavy atom. The summed E-state index contributed by atoms with van der Waals surface area (Å²) in [6.45, 7) is 0.735. The summed E-state index contributed by atoms with van der Waals surface area (Å²) in [5, 5.41) is 5.51. The van der Waals surface area contributed by atoms with Gasteiger partial charge >= 0.3 is 0 Å². The van der Waals surface area contributed by atoms with Gasteiger partial charge in [0.2, 0.25) is 0 Å². The second-order valence-corrected chi connectivity index (χ2v) is 1.98. The molecule has 0 aromatic carbocycles. The summed E-state index contributed by atoms with van der Waals surface area (Å²) in [4.78, 5) is 10.9. The SMILES string of the molecule is CNC(=O)C1=CCNC=C1. The van der Waals surface area contributed by atoms with Gasteiger partial charge in [-0.3, -0.25) is 4.79 Å². The fourth-order valence-corrected chi connectivity index (χ4v) is 0.766. The predicted octanol–water partition coefficient (Wildman–Crippen LogP) is -0.224. The first kappa shape index (κ1) is 6.86. The van der Waals surface area contributed by atoms with Crippen molar-refractivity contribution in [1.29, 1.82) is 0 Å². The van der Waals surface area contributed by atoms with Crippen LogP contribution < -0.4 is 10.6 Å². The highest BCUT2D eigenvalue weighted by Crippen LogP contribution is 1.98. The van der Waals surface area contributed by atoms with Gasteiger partial charge < -0.3 is 10.6 Å². The molecule has 54 valence electrons. The quantitative estimate of drug-likeness (QED) is 0.525. The second kappa shape index (κ2) is 3.06. The van der Waals surface area contributed by atoms with Crippen LogP contribution in [0.15, 0.2) is 23.9 Å². The molecule has 10 heavy (non-hydrogen) atoms. The van der Waals surface area contributed by atoms with Gasteiger partial charge in [-0.2, -0.15) is 0 Å². The molecule has 0 fully saturated rings. The molecule has 0 aromatic heterocycles. The third kappa shape index (κ3) is 1.37. The van der Waals surface area contributed by atoms with Gasteiger partial charge in [0.05, 0.1) is 0 Å². The van der Waals surface area contributed by atoms with Crippen molar-refractivity contribution in [2.75, 3.05) is 13.6 Å². The molecule has 2 N–H and O–H groups in total. The normalized spacial score (nSPS) is 15.5. The maximum Gasteiger partial charge on any atom is 0.250 e. The van der Waals surface area contributed by atoms with E-state index in [0.29, 0.717) is 0 Å². The average Bonchev–Trinajstić information content (AvgIpc) is 2.05. The van der Waals surface area contributed by atoms with Crippen molar-refractivity contribution in [2.45, 2.75) is 0 Å². The van der Waals surface area contributed by atoms with Crippen LogP contribution in [0.3, 0.4) is 0 Å². The first-order chi connectivity index (χ1) is 4.84. The lowest BCUT2D eigenvalue weighted by Crippen LogP contribution is -2.22. The lowest BCUT2D eigenvalue weighted by Gasteiger charge is -2.05. The van der Waals surface area contributed by atoms with Crippen molar-refractivity contribution in [1.82, 2.24) is 10.6 Å². The van der Waals surface area contributed by atoms with E-state index < -0.39 is 0 Å². The highest BCUT2D eigenvalue weighted by molar-refractivity contribution is 5.96. The Morgan fingerprint density at radius 2 is 2.60 bits per heavy atom. The Kier molecular flexibility index (Phi) is 2.10. The number of dihydropyridines is 1. The summed E-state index contributed by atoms with van der Waals surface area (Å²) in [5.41, 5.74) is 0.723. The van der Waals surface area contributed by atoms with Crippen molar-refractivity contribution in [3.05, 3.63) is 23.9 Å². The van der Waals surface area contributed by atoms with E-state index in [9.17, 15) is 4.79 Å². The van der Waals surface area contributed by atoms with Gasteiger partial charge in [0.1, 0.15) is 0 Å². The third-order valence-corrected chi connectivity index (χ3v) is 1.31. The van der Waals surface area contributed by atoms with E-state index >= 15 is 0 Å².